The number of aryl methyl sites for hydroxylation is 1. The molecule has 0 amide bonds. The summed E-state index contributed by atoms with van der Waals surface area (Å²) in [6, 6.07) is 14.3. The lowest BCUT2D eigenvalue weighted by atomic mass is 10.2. The van der Waals surface area contributed by atoms with Gasteiger partial charge < -0.3 is 0 Å². The van der Waals surface area contributed by atoms with E-state index in [-0.39, 0.29) is 11.1 Å². The molecule has 5 rings (SSSR count). The largest absolute Gasteiger partial charge is 0.269 e. The lowest BCUT2D eigenvalue weighted by molar-refractivity contribution is 0.814. The second-order valence-electron chi connectivity index (χ2n) is 7.31. The first-order valence-corrected chi connectivity index (χ1v) is 12.1. The third-order valence-corrected chi connectivity index (χ3v) is 7.53. The molecule has 0 saturated heterocycles. The van der Waals surface area contributed by atoms with Crippen LogP contribution in [0, 0.1) is 13.8 Å². The molecular formula is C23H17ClN4O2S2. The second-order valence-corrected chi connectivity index (χ2v) is 9.49. The highest BCUT2D eigenvalue weighted by Crippen LogP contribution is 2.28. The molecule has 3 heterocycles. The summed E-state index contributed by atoms with van der Waals surface area (Å²) in [6.45, 7) is 3.76. The Labute approximate surface area is 196 Å². The number of nitrogens with zero attached hydrogens (tertiary/aromatic N) is 4. The van der Waals surface area contributed by atoms with Gasteiger partial charge in [0.2, 0.25) is 0 Å². The van der Waals surface area contributed by atoms with Crippen LogP contribution in [0.1, 0.15) is 17.0 Å². The molecule has 160 valence electrons. The van der Waals surface area contributed by atoms with Crippen LogP contribution in [-0.4, -0.2) is 18.9 Å². The monoisotopic (exact) mass is 480 g/mol. The van der Waals surface area contributed by atoms with Crippen LogP contribution in [0.5, 0.6) is 0 Å². The molecule has 5 aromatic rings. The zero-order valence-corrected chi connectivity index (χ0v) is 19.6. The highest BCUT2D eigenvalue weighted by Gasteiger charge is 2.16. The summed E-state index contributed by atoms with van der Waals surface area (Å²) in [6.07, 6.45) is 0. The Bertz CT molecular complexity index is 1620. The van der Waals surface area contributed by atoms with Crippen LogP contribution >= 0.6 is 34.7 Å². The minimum atomic E-state index is -0.166. The van der Waals surface area contributed by atoms with E-state index >= 15 is 0 Å². The molecule has 3 aromatic heterocycles. The van der Waals surface area contributed by atoms with Gasteiger partial charge in [-0.3, -0.25) is 18.6 Å². The van der Waals surface area contributed by atoms with E-state index in [4.69, 9.17) is 16.6 Å². The van der Waals surface area contributed by atoms with E-state index in [1.807, 2.05) is 49.6 Å². The fourth-order valence-corrected chi connectivity index (χ4v) is 5.53. The summed E-state index contributed by atoms with van der Waals surface area (Å²) < 4.78 is 3.19. The first kappa shape index (κ1) is 20.9. The summed E-state index contributed by atoms with van der Waals surface area (Å²) in [5, 5.41) is 3.53. The molecule has 0 bridgehead atoms. The number of fused-ring (bicyclic) bond motifs is 2. The lowest BCUT2D eigenvalue weighted by Gasteiger charge is -2.15. The van der Waals surface area contributed by atoms with Gasteiger partial charge in [-0.15, -0.1) is 11.3 Å². The molecule has 0 atom stereocenters. The van der Waals surface area contributed by atoms with E-state index in [0.29, 0.717) is 43.2 Å². The van der Waals surface area contributed by atoms with Gasteiger partial charge in [0, 0.05) is 27.9 Å². The average Bonchev–Trinajstić information content (AvgIpc) is 3.16. The molecule has 0 aliphatic heterocycles. The first-order chi connectivity index (χ1) is 15.4. The third-order valence-electron chi connectivity index (χ3n) is 5.20. The van der Waals surface area contributed by atoms with Crippen molar-refractivity contribution in [3.8, 4) is 5.69 Å². The maximum absolute atomic E-state index is 13.5. The third kappa shape index (κ3) is 3.54. The number of aromatic nitrogens is 4. The smallest absolute Gasteiger partial charge is 0.266 e. The van der Waals surface area contributed by atoms with Gasteiger partial charge in [0.05, 0.1) is 22.3 Å². The van der Waals surface area contributed by atoms with Crippen LogP contribution in [0.2, 0.25) is 5.02 Å². The molecule has 0 N–H and O–H groups in total. The van der Waals surface area contributed by atoms with Crippen molar-refractivity contribution < 1.29 is 0 Å². The van der Waals surface area contributed by atoms with Crippen LogP contribution < -0.4 is 11.1 Å². The van der Waals surface area contributed by atoms with Crippen LogP contribution in [0.3, 0.4) is 0 Å². The Balaban J connectivity index is 1.64. The zero-order chi connectivity index (χ0) is 22.4. The van der Waals surface area contributed by atoms with Crippen molar-refractivity contribution in [2.45, 2.75) is 24.8 Å². The van der Waals surface area contributed by atoms with E-state index in [9.17, 15) is 9.59 Å². The van der Waals surface area contributed by atoms with E-state index < -0.39 is 0 Å². The van der Waals surface area contributed by atoms with Crippen molar-refractivity contribution >= 4 is 50.6 Å². The summed E-state index contributed by atoms with van der Waals surface area (Å²) in [4.78, 5) is 36.0. The average molecular weight is 481 g/mol. The molecule has 0 aliphatic rings. The Hall–Kier alpha value is -2.94. The van der Waals surface area contributed by atoms with Crippen molar-refractivity contribution in [1.82, 2.24) is 18.9 Å². The summed E-state index contributed by atoms with van der Waals surface area (Å²) in [5.74, 6) is 0.396. The van der Waals surface area contributed by atoms with E-state index in [2.05, 4.69) is 4.98 Å². The number of thioether (sulfide) groups is 1. The second kappa shape index (κ2) is 8.20. The molecule has 0 unspecified atom stereocenters. The summed E-state index contributed by atoms with van der Waals surface area (Å²) in [5.41, 5.74) is 3.32. The van der Waals surface area contributed by atoms with E-state index in [0.717, 1.165) is 11.3 Å². The van der Waals surface area contributed by atoms with Crippen molar-refractivity contribution in [3.05, 3.63) is 96.6 Å². The van der Waals surface area contributed by atoms with Gasteiger partial charge in [0.15, 0.2) is 10.1 Å². The van der Waals surface area contributed by atoms with Gasteiger partial charge in [-0.1, -0.05) is 41.6 Å². The SMILES string of the molecule is Cc1c(Cl)cccc1-n1c(SCc2cc(=O)n3c(C)csc3n2)nc2ccccc2c1=O. The molecule has 32 heavy (non-hydrogen) atoms. The zero-order valence-electron chi connectivity index (χ0n) is 17.2. The number of thiazole rings is 1. The Morgan fingerprint density at radius 1 is 1.06 bits per heavy atom. The molecular weight excluding hydrogens is 464 g/mol. The lowest BCUT2D eigenvalue weighted by Crippen LogP contribution is -2.22. The van der Waals surface area contributed by atoms with Crippen molar-refractivity contribution in [1.29, 1.82) is 0 Å². The molecule has 6 nitrogen and oxygen atoms in total. The Morgan fingerprint density at radius 3 is 2.72 bits per heavy atom. The standard InChI is InChI=1S/C23H17ClN4O2S2/c1-13-11-31-22-25-15(10-20(29)27(13)22)12-32-23-26-18-8-4-3-6-16(18)21(30)28(23)19-9-5-7-17(24)14(19)2/h3-11H,12H2,1-2H3. The van der Waals surface area contributed by atoms with Gasteiger partial charge >= 0.3 is 0 Å². The minimum Gasteiger partial charge on any atom is -0.269 e. The number of hydrogen-bond acceptors (Lipinski definition) is 6. The molecule has 2 aromatic carbocycles. The Kier molecular flexibility index (Phi) is 5.36. The van der Waals surface area contributed by atoms with Crippen LogP contribution in [-0.2, 0) is 5.75 Å². The minimum absolute atomic E-state index is 0.112. The number of benzene rings is 2. The topological polar surface area (TPSA) is 69.3 Å². The van der Waals surface area contributed by atoms with Crippen molar-refractivity contribution in [3.63, 3.8) is 0 Å². The highest BCUT2D eigenvalue weighted by molar-refractivity contribution is 7.98. The van der Waals surface area contributed by atoms with Crippen LogP contribution in [0.4, 0.5) is 0 Å². The molecule has 0 spiro atoms. The summed E-state index contributed by atoms with van der Waals surface area (Å²) >= 11 is 9.14. The molecule has 0 radical (unpaired) electrons. The van der Waals surface area contributed by atoms with Gasteiger partial charge in [-0.25, -0.2) is 9.97 Å². The molecule has 0 saturated carbocycles. The highest BCUT2D eigenvalue weighted by atomic mass is 35.5. The van der Waals surface area contributed by atoms with Crippen molar-refractivity contribution in [2.75, 3.05) is 0 Å². The summed E-state index contributed by atoms with van der Waals surface area (Å²) in [7, 11) is 0. The fraction of sp³-hybridized carbons (Fsp3) is 0.130. The van der Waals surface area contributed by atoms with Gasteiger partial charge in [-0.2, -0.15) is 0 Å². The van der Waals surface area contributed by atoms with E-state index in [1.165, 1.54) is 29.2 Å². The molecule has 0 aliphatic carbocycles. The Morgan fingerprint density at radius 2 is 1.88 bits per heavy atom. The first-order valence-electron chi connectivity index (χ1n) is 9.81. The van der Waals surface area contributed by atoms with Crippen LogP contribution in [0.15, 0.2) is 68.7 Å². The van der Waals surface area contributed by atoms with Gasteiger partial charge in [0.1, 0.15) is 0 Å². The normalized spacial score (nSPS) is 11.5. The van der Waals surface area contributed by atoms with Crippen molar-refractivity contribution in [2.24, 2.45) is 0 Å². The number of para-hydroxylation sites is 1. The number of halogens is 1. The predicted molar refractivity (Wildman–Crippen MR) is 131 cm³/mol. The maximum atomic E-state index is 13.5. The quantitative estimate of drug-likeness (QED) is 0.267. The van der Waals surface area contributed by atoms with Crippen LogP contribution in [0.25, 0.3) is 21.6 Å². The van der Waals surface area contributed by atoms with Gasteiger partial charge in [-0.05, 0) is 43.7 Å². The molecule has 0 fully saturated rings. The fourth-order valence-electron chi connectivity index (χ4n) is 3.57. The van der Waals surface area contributed by atoms with E-state index in [1.54, 1.807) is 21.1 Å². The molecule has 9 heteroatoms. The number of rotatable bonds is 4. The number of hydrogen-bond donors (Lipinski definition) is 0. The predicted octanol–water partition coefficient (Wildman–Crippen LogP) is 5.02. The maximum Gasteiger partial charge on any atom is 0.266 e. The van der Waals surface area contributed by atoms with Gasteiger partial charge in [0.25, 0.3) is 11.1 Å².